The maximum atomic E-state index is 12.9. The number of nitrogens with zero attached hydrogens (tertiary/aromatic N) is 2. The van der Waals surface area contributed by atoms with Gasteiger partial charge in [-0.1, -0.05) is 24.3 Å². The Labute approximate surface area is 184 Å². The molecule has 1 saturated heterocycles. The lowest BCUT2D eigenvalue weighted by molar-refractivity contribution is -0.147. The van der Waals surface area contributed by atoms with Gasteiger partial charge in [0.15, 0.2) is 17.6 Å². The van der Waals surface area contributed by atoms with Crippen LogP contribution in [0, 0.1) is 0 Å². The number of hydrogen-bond acceptors (Lipinski definition) is 6. The molecule has 5 rings (SSSR count). The molecule has 2 aromatic carbocycles. The lowest BCUT2D eigenvalue weighted by atomic mass is 10.1. The fraction of sp³-hybridized carbons (Fsp3) is 0.348. The molecule has 166 valence electrons. The van der Waals surface area contributed by atoms with Crippen LogP contribution in [0.2, 0.25) is 0 Å². The molecular formula is C23H23N3O6. The van der Waals surface area contributed by atoms with Gasteiger partial charge in [-0.15, -0.1) is 0 Å². The van der Waals surface area contributed by atoms with Crippen LogP contribution >= 0.6 is 0 Å². The second-order valence-electron chi connectivity index (χ2n) is 7.87. The summed E-state index contributed by atoms with van der Waals surface area (Å²) < 4.78 is 17.2. The summed E-state index contributed by atoms with van der Waals surface area (Å²) in [4.78, 5) is 41.3. The molecule has 1 fully saturated rings. The molecule has 32 heavy (non-hydrogen) atoms. The summed E-state index contributed by atoms with van der Waals surface area (Å²) in [5.41, 5.74) is 0.602. The molecule has 2 atom stereocenters. The Bertz CT molecular complexity index is 1050. The van der Waals surface area contributed by atoms with Crippen molar-refractivity contribution in [2.75, 3.05) is 38.1 Å². The third kappa shape index (κ3) is 3.93. The SMILES string of the molecule is O=C1Nc2ccccc2OC1CC(=O)N1CCN(C(=O)C2COc3ccccc3O2)CC1. The van der Waals surface area contributed by atoms with Crippen molar-refractivity contribution >= 4 is 23.4 Å². The van der Waals surface area contributed by atoms with Crippen molar-refractivity contribution in [3.63, 3.8) is 0 Å². The highest BCUT2D eigenvalue weighted by Crippen LogP contribution is 2.32. The maximum absolute atomic E-state index is 12.9. The number of para-hydroxylation sites is 4. The predicted molar refractivity (Wildman–Crippen MR) is 114 cm³/mol. The molecule has 0 aliphatic carbocycles. The lowest BCUT2D eigenvalue weighted by Gasteiger charge is -2.37. The maximum Gasteiger partial charge on any atom is 0.267 e. The zero-order chi connectivity index (χ0) is 22.1. The van der Waals surface area contributed by atoms with Crippen molar-refractivity contribution in [3.8, 4) is 17.2 Å². The highest BCUT2D eigenvalue weighted by Gasteiger charge is 2.35. The largest absolute Gasteiger partial charge is 0.485 e. The molecule has 1 N–H and O–H groups in total. The van der Waals surface area contributed by atoms with Crippen LogP contribution < -0.4 is 19.5 Å². The number of fused-ring (bicyclic) bond motifs is 2. The third-order valence-electron chi connectivity index (χ3n) is 5.79. The zero-order valence-electron chi connectivity index (χ0n) is 17.4. The summed E-state index contributed by atoms with van der Waals surface area (Å²) in [6.45, 7) is 1.73. The molecule has 0 saturated carbocycles. The summed E-state index contributed by atoms with van der Waals surface area (Å²) in [6.07, 6.45) is -1.62. The van der Waals surface area contributed by atoms with Crippen molar-refractivity contribution in [2.24, 2.45) is 0 Å². The van der Waals surface area contributed by atoms with E-state index in [1.807, 2.05) is 18.2 Å². The monoisotopic (exact) mass is 437 g/mol. The molecule has 3 aliphatic rings. The molecule has 9 heteroatoms. The van der Waals surface area contributed by atoms with Gasteiger partial charge >= 0.3 is 0 Å². The number of piperazine rings is 1. The number of carbonyl (C=O) groups is 3. The van der Waals surface area contributed by atoms with Crippen molar-refractivity contribution < 1.29 is 28.6 Å². The van der Waals surface area contributed by atoms with E-state index in [-0.39, 0.29) is 30.7 Å². The predicted octanol–water partition coefficient (Wildman–Crippen LogP) is 1.29. The van der Waals surface area contributed by atoms with Gasteiger partial charge in [0, 0.05) is 26.2 Å². The minimum atomic E-state index is -0.870. The highest BCUT2D eigenvalue weighted by molar-refractivity contribution is 6.00. The second-order valence-corrected chi connectivity index (χ2v) is 7.87. The van der Waals surface area contributed by atoms with Gasteiger partial charge in [0.2, 0.25) is 12.0 Å². The average Bonchev–Trinajstić information content (AvgIpc) is 2.84. The van der Waals surface area contributed by atoms with E-state index in [2.05, 4.69) is 5.32 Å². The minimum absolute atomic E-state index is 0.0511. The Morgan fingerprint density at radius 3 is 2.31 bits per heavy atom. The van der Waals surface area contributed by atoms with Crippen molar-refractivity contribution in [3.05, 3.63) is 48.5 Å². The number of benzene rings is 2. The van der Waals surface area contributed by atoms with Gasteiger partial charge < -0.3 is 29.3 Å². The molecule has 9 nitrogen and oxygen atoms in total. The van der Waals surface area contributed by atoms with E-state index in [9.17, 15) is 14.4 Å². The van der Waals surface area contributed by atoms with Crippen LogP contribution in [0.4, 0.5) is 5.69 Å². The summed E-state index contributed by atoms with van der Waals surface area (Å²) >= 11 is 0. The van der Waals surface area contributed by atoms with E-state index < -0.39 is 12.2 Å². The average molecular weight is 437 g/mol. The van der Waals surface area contributed by atoms with Gasteiger partial charge in [0.1, 0.15) is 12.4 Å². The summed E-state index contributed by atoms with van der Waals surface area (Å²) in [6, 6.07) is 14.4. The molecule has 0 radical (unpaired) electrons. The number of hydrogen-bond donors (Lipinski definition) is 1. The van der Waals surface area contributed by atoms with Gasteiger partial charge in [-0.3, -0.25) is 14.4 Å². The fourth-order valence-corrected chi connectivity index (χ4v) is 4.04. The van der Waals surface area contributed by atoms with Crippen LogP contribution in [-0.2, 0) is 14.4 Å². The van der Waals surface area contributed by atoms with Crippen LogP contribution in [0.25, 0.3) is 0 Å². The Morgan fingerprint density at radius 2 is 1.53 bits per heavy atom. The number of nitrogens with one attached hydrogen (secondary N) is 1. The van der Waals surface area contributed by atoms with Crippen molar-refractivity contribution in [1.82, 2.24) is 9.80 Å². The molecule has 2 aromatic rings. The summed E-state index contributed by atoms with van der Waals surface area (Å²) in [5.74, 6) is 1.07. The quantitative estimate of drug-likeness (QED) is 0.777. The summed E-state index contributed by atoms with van der Waals surface area (Å²) in [7, 11) is 0. The van der Waals surface area contributed by atoms with Gasteiger partial charge in [0.25, 0.3) is 11.8 Å². The Balaban J connectivity index is 1.14. The standard InChI is InChI=1S/C23H23N3O6/c27-21(13-19-22(28)24-15-5-1-2-6-16(15)31-19)25-9-11-26(12-10-25)23(29)20-14-30-17-7-3-4-8-18(17)32-20/h1-8,19-20H,9-14H2,(H,24,28). The molecule has 0 bridgehead atoms. The Hall–Kier alpha value is -3.75. The van der Waals surface area contributed by atoms with E-state index in [0.29, 0.717) is 49.1 Å². The molecular weight excluding hydrogens is 414 g/mol. The van der Waals surface area contributed by atoms with Gasteiger partial charge in [0.05, 0.1) is 12.1 Å². The second kappa shape index (κ2) is 8.41. The zero-order valence-corrected chi connectivity index (χ0v) is 17.4. The highest BCUT2D eigenvalue weighted by atomic mass is 16.6. The number of amides is 3. The number of ether oxygens (including phenoxy) is 3. The molecule has 3 amide bonds. The van der Waals surface area contributed by atoms with E-state index in [1.165, 1.54) is 0 Å². The number of carbonyl (C=O) groups excluding carboxylic acids is 3. The van der Waals surface area contributed by atoms with Crippen LogP contribution in [0.3, 0.4) is 0 Å². The molecule has 2 unspecified atom stereocenters. The van der Waals surface area contributed by atoms with E-state index >= 15 is 0 Å². The Morgan fingerprint density at radius 1 is 0.875 bits per heavy atom. The summed E-state index contributed by atoms with van der Waals surface area (Å²) in [5, 5.41) is 2.77. The van der Waals surface area contributed by atoms with E-state index in [4.69, 9.17) is 14.2 Å². The topological polar surface area (TPSA) is 97.4 Å². The third-order valence-corrected chi connectivity index (χ3v) is 5.79. The lowest BCUT2D eigenvalue weighted by Crippen LogP contribution is -2.55. The van der Waals surface area contributed by atoms with Crippen LogP contribution in [0.1, 0.15) is 6.42 Å². The first kappa shape index (κ1) is 20.2. The van der Waals surface area contributed by atoms with Gasteiger partial charge in [-0.05, 0) is 24.3 Å². The molecule has 3 aliphatic heterocycles. The fourth-order valence-electron chi connectivity index (χ4n) is 4.04. The number of rotatable bonds is 3. The van der Waals surface area contributed by atoms with Crippen molar-refractivity contribution in [2.45, 2.75) is 18.6 Å². The normalized spacial score (nSPS) is 21.8. The van der Waals surface area contributed by atoms with E-state index in [1.54, 1.807) is 40.1 Å². The Kier molecular flexibility index (Phi) is 5.30. The first-order valence-electron chi connectivity index (χ1n) is 10.6. The van der Waals surface area contributed by atoms with Crippen LogP contribution in [0.15, 0.2) is 48.5 Å². The number of anilines is 1. The first-order chi connectivity index (χ1) is 15.6. The van der Waals surface area contributed by atoms with E-state index in [0.717, 1.165) is 0 Å². The molecule has 0 spiro atoms. The van der Waals surface area contributed by atoms with Crippen molar-refractivity contribution in [1.29, 1.82) is 0 Å². The van der Waals surface area contributed by atoms with Gasteiger partial charge in [-0.2, -0.15) is 0 Å². The minimum Gasteiger partial charge on any atom is -0.485 e. The van der Waals surface area contributed by atoms with Gasteiger partial charge in [-0.25, -0.2) is 0 Å². The molecule has 3 heterocycles. The smallest absolute Gasteiger partial charge is 0.267 e. The van der Waals surface area contributed by atoms with Crippen LogP contribution in [-0.4, -0.2) is 72.5 Å². The first-order valence-corrected chi connectivity index (χ1v) is 10.6. The molecule has 0 aromatic heterocycles. The van der Waals surface area contributed by atoms with Crippen LogP contribution in [0.5, 0.6) is 17.2 Å².